The molecule has 28 heavy (non-hydrogen) atoms. The van der Waals surface area contributed by atoms with Crippen LogP contribution in [0.1, 0.15) is 28.8 Å². The lowest BCUT2D eigenvalue weighted by Gasteiger charge is -2.16. The van der Waals surface area contributed by atoms with E-state index in [0.29, 0.717) is 17.8 Å². The highest BCUT2D eigenvalue weighted by molar-refractivity contribution is 6.05. The van der Waals surface area contributed by atoms with Crippen LogP contribution in [-0.2, 0) is 11.8 Å². The summed E-state index contributed by atoms with van der Waals surface area (Å²) in [7, 11) is 1.82. The molecule has 0 bridgehead atoms. The lowest BCUT2D eigenvalue weighted by atomic mass is 10.1. The number of benzene rings is 2. The van der Waals surface area contributed by atoms with Crippen LogP contribution >= 0.6 is 0 Å². The van der Waals surface area contributed by atoms with Crippen LogP contribution in [0.25, 0.3) is 11.3 Å². The minimum atomic E-state index is -0.204. The maximum Gasteiger partial charge on any atom is 0.256 e. The summed E-state index contributed by atoms with van der Waals surface area (Å²) in [5.41, 5.74) is 4.15. The molecule has 6 nitrogen and oxygen atoms in total. The van der Waals surface area contributed by atoms with Crippen LogP contribution in [0.2, 0.25) is 0 Å². The molecule has 1 fully saturated rings. The third-order valence-electron chi connectivity index (χ3n) is 5.08. The van der Waals surface area contributed by atoms with E-state index in [2.05, 4.69) is 10.4 Å². The highest BCUT2D eigenvalue weighted by Crippen LogP contribution is 2.28. The number of nitrogens with zero attached hydrogens (tertiary/aromatic N) is 3. The Bertz CT molecular complexity index is 1020. The van der Waals surface area contributed by atoms with E-state index in [1.54, 1.807) is 21.7 Å². The number of nitrogens with one attached hydrogen (secondary N) is 1. The lowest BCUT2D eigenvalue weighted by Crippen LogP contribution is -2.23. The normalized spacial score (nSPS) is 13.8. The fraction of sp³-hybridized carbons (Fsp3) is 0.227. The molecule has 2 aromatic carbocycles. The van der Waals surface area contributed by atoms with Crippen LogP contribution in [0.5, 0.6) is 0 Å². The van der Waals surface area contributed by atoms with Gasteiger partial charge in [-0.25, -0.2) is 0 Å². The van der Waals surface area contributed by atoms with Gasteiger partial charge in [-0.2, -0.15) is 5.10 Å². The van der Waals surface area contributed by atoms with Gasteiger partial charge < -0.3 is 10.2 Å². The Balaban J connectivity index is 1.54. The molecule has 1 aliphatic rings. The first-order chi connectivity index (χ1) is 13.5. The van der Waals surface area contributed by atoms with Gasteiger partial charge in [0.05, 0.1) is 5.69 Å². The van der Waals surface area contributed by atoms with Crippen LogP contribution in [0.4, 0.5) is 11.5 Å². The van der Waals surface area contributed by atoms with E-state index in [9.17, 15) is 9.59 Å². The third kappa shape index (κ3) is 3.29. The van der Waals surface area contributed by atoms with E-state index in [1.165, 1.54) is 0 Å². The Hall–Kier alpha value is -3.41. The van der Waals surface area contributed by atoms with Gasteiger partial charge >= 0.3 is 0 Å². The molecule has 1 aliphatic heterocycles. The van der Waals surface area contributed by atoms with Crippen LogP contribution in [0, 0.1) is 6.92 Å². The highest BCUT2D eigenvalue weighted by Gasteiger charge is 2.22. The molecule has 142 valence electrons. The van der Waals surface area contributed by atoms with E-state index in [1.807, 2.05) is 56.4 Å². The zero-order valence-corrected chi connectivity index (χ0v) is 16.0. The average molecular weight is 374 g/mol. The first kappa shape index (κ1) is 18.0. The van der Waals surface area contributed by atoms with Crippen molar-refractivity contribution in [3.63, 3.8) is 0 Å². The van der Waals surface area contributed by atoms with E-state index in [0.717, 1.165) is 35.5 Å². The maximum absolute atomic E-state index is 12.7. The van der Waals surface area contributed by atoms with Gasteiger partial charge in [-0.1, -0.05) is 30.3 Å². The molecular weight excluding hydrogens is 352 g/mol. The largest absolute Gasteiger partial charge is 0.312 e. The second-order valence-corrected chi connectivity index (χ2v) is 6.96. The zero-order chi connectivity index (χ0) is 19.7. The molecular formula is C22H22N4O2. The predicted octanol–water partition coefficient (Wildman–Crippen LogP) is 3.77. The van der Waals surface area contributed by atoms with Gasteiger partial charge in [0.25, 0.3) is 5.91 Å². The summed E-state index contributed by atoms with van der Waals surface area (Å²) in [5, 5.41) is 7.52. The van der Waals surface area contributed by atoms with E-state index < -0.39 is 0 Å². The van der Waals surface area contributed by atoms with Gasteiger partial charge in [-0.3, -0.25) is 14.3 Å². The molecule has 0 aliphatic carbocycles. The van der Waals surface area contributed by atoms with Crippen molar-refractivity contribution in [1.82, 2.24) is 9.78 Å². The minimum absolute atomic E-state index is 0.135. The summed E-state index contributed by atoms with van der Waals surface area (Å²) >= 11 is 0. The summed E-state index contributed by atoms with van der Waals surface area (Å²) in [6.07, 6.45) is 1.47. The molecule has 6 heteroatoms. The first-order valence-corrected chi connectivity index (χ1v) is 9.35. The fourth-order valence-electron chi connectivity index (χ4n) is 3.57. The van der Waals surface area contributed by atoms with Crippen LogP contribution in [0.15, 0.2) is 54.6 Å². The Morgan fingerprint density at radius 2 is 1.79 bits per heavy atom. The third-order valence-corrected chi connectivity index (χ3v) is 5.08. The summed E-state index contributed by atoms with van der Waals surface area (Å²) in [5.74, 6) is 0.601. The number of hydrogen-bond donors (Lipinski definition) is 1. The van der Waals surface area contributed by atoms with Crippen molar-refractivity contribution in [2.75, 3.05) is 16.8 Å². The number of rotatable bonds is 4. The van der Waals surface area contributed by atoms with Crippen molar-refractivity contribution in [2.45, 2.75) is 19.8 Å². The Morgan fingerprint density at radius 1 is 1.07 bits per heavy atom. The quantitative estimate of drug-likeness (QED) is 0.756. The Kier molecular flexibility index (Phi) is 4.69. The van der Waals surface area contributed by atoms with Gasteiger partial charge in [0, 0.05) is 42.4 Å². The molecule has 0 atom stereocenters. The Morgan fingerprint density at radius 3 is 2.43 bits per heavy atom. The second-order valence-electron chi connectivity index (χ2n) is 6.96. The standard InChI is InChI=1S/C22H22N4O2/c1-15-20(16-7-4-3-5-8-16)24-25(2)21(15)23-22(28)17-10-12-18(13-11-17)26-14-6-9-19(26)27/h3-5,7-8,10-13H,6,9,14H2,1-2H3,(H,23,28). The number of hydrogen-bond acceptors (Lipinski definition) is 3. The van der Waals surface area contributed by atoms with E-state index >= 15 is 0 Å². The highest BCUT2D eigenvalue weighted by atomic mass is 16.2. The molecule has 2 heterocycles. The van der Waals surface area contributed by atoms with E-state index in [-0.39, 0.29) is 11.8 Å². The number of carbonyl (C=O) groups is 2. The van der Waals surface area contributed by atoms with Crippen molar-refractivity contribution < 1.29 is 9.59 Å². The second kappa shape index (κ2) is 7.31. The minimum Gasteiger partial charge on any atom is -0.312 e. The number of carbonyl (C=O) groups excluding carboxylic acids is 2. The summed E-state index contributed by atoms with van der Waals surface area (Å²) in [6.45, 7) is 2.69. The Labute approximate surface area is 163 Å². The van der Waals surface area contributed by atoms with Crippen molar-refractivity contribution in [2.24, 2.45) is 7.05 Å². The van der Waals surface area contributed by atoms with Crippen molar-refractivity contribution in [1.29, 1.82) is 0 Å². The predicted molar refractivity (Wildman–Crippen MR) is 109 cm³/mol. The molecule has 1 N–H and O–H groups in total. The number of aryl methyl sites for hydroxylation is 1. The zero-order valence-electron chi connectivity index (χ0n) is 16.0. The van der Waals surface area contributed by atoms with Gasteiger partial charge in [-0.15, -0.1) is 0 Å². The number of aromatic nitrogens is 2. The molecule has 0 saturated carbocycles. The summed E-state index contributed by atoms with van der Waals surface area (Å²) in [6, 6.07) is 17.0. The smallest absolute Gasteiger partial charge is 0.256 e. The fourth-order valence-corrected chi connectivity index (χ4v) is 3.57. The molecule has 1 aromatic heterocycles. The summed E-state index contributed by atoms with van der Waals surface area (Å²) < 4.78 is 1.69. The lowest BCUT2D eigenvalue weighted by molar-refractivity contribution is -0.117. The molecule has 0 unspecified atom stereocenters. The summed E-state index contributed by atoms with van der Waals surface area (Å²) in [4.78, 5) is 26.4. The first-order valence-electron chi connectivity index (χ1n) is 9.35. The molecule has 3 aromatic rings. The van der Waals surface area contributed by atoms with Gasteiger partial charge in [-0.05, 0) is 37.6 Å². The van der Waals surface area contributed by atoms with Crippen molar-refractivity contribution in [3.8, 4) is 11.3 Å². The SMILES string of the molecule is Cc1c(-c2ccccc2)nn(C)c1NC(=O)c1ccc(N2CCCC2=O)cc1. The average Bonchev–Trinajstić information content (AvgIpc) is 3.27. The van der Waals surface area contributed by atoms with Gasteiger partial charge in [0.1, 0.15) is 5.82 Å². The van der Waals surface area contributed by atoms with Crippen molar-refractivity contribution >= 4 is 23.3 Å². The maximum atomic E-state index is 12.7. The van der Waals surface area contributed by atoms with Crippen LogP contribution in [-0.4, -0.2) is 28.1 Å². The topological polar surface area (TPSA) is 67.2 Å². The van der Waals surface area contributed by atoms with Gasteiger partial charge in [0.2, 0.25) is 5.91 Å². The molecule has 0 spiro atoms. The molecule has 4 rings (SSSR count). The molecule has 2 amide bonds. The molecule has 1 saturated heterocycles. The number of anilines is 2. The van der Waals surface area contributed by atoms with Crippen LogP contribution < -0.4 is 10.2 Å². The van der Waals surface area contributed by atoms with Gasteiger partial charge in [0.15, 0.2) is 0 Å². The van der Waals surface area contributed by atoms with Crippen LogP contribution in [0.3, 0.4) is 0 Å². The number of amides is 2. The van der Waals surface area contributed by atoms with E-state index in [4.69, 9.17) is 0 Å². The monoisotopic (exact) mass is 374 g/mol. The molecule has 0 radical (unpaired) electrons. The van der Waals surface area contributed by atoms with Crippen molar-refractivity contribution in [3.05, 3.63) is 65.7 Å².